The summed E-state index contributed by atoms with van der Waals surface area (Å²) in [6, 6.07) is 6.18. The van der Waals surface area contributed by atoms with Gasteiger partial charge >= 0.3 is 0 Å². The molecule has 3 aromatic rings. The molecule has 0 aliphatic carbocycles. The van der Waals surface area contributed by atoms with E-state index in [1.807, 2.05) is 18.5 Å². The Morgan fingerprint density at radius 3 is 3.04 bits per heavy atom. The number of halogens is 2. The van der Waals surface area contributed by atoms with Crippen LogP contribution in [0.3, 0.4) is 0 Å². The van der Waals surface area contributed by atoms with E-state index < -0.39 is 17.8 Å². The Balaban J connectivity index is 1.44. The van der Waals surface area contributed by atoms with Crippen molar-refractivity contribution in [1.82, 2.24) is 14.8 Å². The van der Waals surface area contributed by atoms with E-state index in [2.05, 4.69) is 20.6 Å². The molecule has 1 atom stereocenters. The second-order valence-corrected chi connectivity index (χ2v) is 7.07. The maximum absolute atomic E-state index is 14.0. The van der Waals surface area contributed by atoms with E-state index in [-0.39, 0.29) is 17.0 Å². The minimum absolute atomic E-state index is 0.118. The van der Waals surface area contributed by atoms with Gasteiger partial charge in [-0.05, 0) is 18.2 Å². The van der Waals surface area contributed by atoms with Crippen molar-refractivity contribution in [1.29, 1.82) is 0 Å². The number of nitrogens with zero attached hydrogens (tertiary/aromatic N) is 4. The summed E-state index contributed by atoms with van der Waals surface area (Å²) in [5.41, 5.74) is 2.00. The van der Waals surface area contributed by atoms with E-state index in [1.54, 1.807) is 16.9 Å². The van der Waals surface area contributed by atoms with Gasteiger partial charge in [0.2, 0.25) is 6.10 Å². The summed E-state index contributed by atoms with van der Waals surface area (Å²) >= 11 is 7.33. The third kappa shape index (κ3) is 3.43. The number of anilines is 1. The lowest BCUT2D eigenvalue weighted by Gasteiger charge is -2.07. The van der Waals surface area contributed by atoms with Gasteiger partial charge in [-0.15, -0.1) is 11.3 Å². The average molecular weight is 406 g/mol. The number of aromatic nitrogens is 3. The number of nitrogens with one attached hydrogen (secondary N) is 1. The molecule has 0 bridgehead atoms. The van der Waals surface area contributed by atoms with Crippen LogP contribution in [0.2, 0.25) is 5.02 Å². The van der Waals surface area contributed by atoms with Crippen LogP contribution in [0, 0.1) is 5.82 Å². The zero-order valence-corrected chi connectivity index (χ0v) is 15.6. The monoisotopic (exact) mass is 405 g/mol. The van der Waals surface area contributed by atoms with Gasteiger partial charge in [-0.1, -0.05) is 22.8 Å². The molecule has 0 radical (unpaired) electrons. The summed E-state index contributed by atoms with van der Waals surface area (Å²) in [4.78, 5) is 22.0. The number of amides is 1. The van der Waals surface area contributed by atoms with Gasteiger partial charge in [0.15, 0.2) is 5.13 Å². The molecular formula is C17H13ClFN5O2S. The van der Waals surface area contributed by atoms with E-state index in [4.69, 9.17) is 16.4 Å². The second-order valence-electron chi connectivity index (χ2n) is 5.80. The van der Waals surface area contributed by atoms with E-state index in [0.717, 1.165) is 5.69 Å². The van der Waals surface area contributed by atoms with Crippen LogP contribution in [0.5, 0.6) is 0 Å². The molecule has 0 spiro atoms. The first kappa shape index (κ1) is 17.6. The van der Waals surface area contributed by atoms with Gasteiger partial charge in [0.25, 0.3) is 5.91 Å². The smallest absolute Gasteiger partial charge is 0.270 e. The maximum atomic E-state index is 14.0. The molecule has 1 N–H and O–H groups in total. The quantitative estimate of drug-likeness (QED) is 0.720. The van der Waals surface area contributed by atoms with E-state index in [9.17, 15) is 9.18 Å². The Bertz CT molecular complexity index is 1030. The molecule has 3 heterocycles. The minimum atomic E-state index is -0.875. The fraction of sp³-hybridized carbons (Fsp3) is 0.176. The van der Waals surface area contributed by atoms with Crippen LogP contribution >= 0.6 is 22.9 Å². The fourth-order valence-corrected chi connectivity index (χ4v) is 3.68. The maximum Gasteiger partial charge on any atom is 0.270 e. The number of thiazole rings is 1. The first-order chi connectivity index (χ1) is 13.0. The lowest BCUT2D eigenvalue weighted by molar-refractivity contribution is -0.125. The van der Waals surface area contributed by atoms with Crippen molar-refractivity contribution in [3.63, 3.8) is 0 Å². The van der Waals surface area contributed by atoms with E-state index in [0.29, 0.717) is 16.5 Å². The highest BCUT2D eigenvalue weighted by molar-refractivity contribution is 7.14. The summed E-state index contributed by atoms with van der Waals surface area (Å²) < 4.78 is 15.7. The molecule has 1 unspecified atom stereocenters. The van der Waals surface area contributed by atoms with Gasteiger partial charge in [-0.2, -0.15) is 5.10 Å². The van der Waals surface area contributed by atoms with Crippen molar-refractivity contribution in [2.45, 2.75) is 12.5 Å². The second kappa shape index (κ2) is 7.09. The van der Waals surface area contributed by atoms with Crippen molar-refractivity contribution >= 4 is 39.7 Å². The molecular weight excluding hydrogens is 393 g/mol. The van der Waals surface area contributed by atoms with Crippen molar-refractivity contribution in [2.75, 3.05) is 5.32 Å². The number of rotatable bonds is 4. The van der Waals surface area contributed by atoms with Crippen molar-refractivity contribution in [2.24, 2.45) is 12.2 Å². The van der Waals surface area contributed by atoms with E-state index >= 15 is 0 Å². The Morgan fingerprint density at radius 1 is 1.44 bits per heavy atom. The number of aryl methyl sites for hydroxylation is 1. The van der Waals surface area contributed by atoms with E-state index in [1.165, 1.54) is 23.5 Å². The average Bonchev–Trinajstić information content (AvgIpc) is 3.35. The molecule has 10 heteroatoms. The van der Waals surface area contributed by atoms with Gasteiger partial charge in [0.05, 0.1) is 22.0 Å². The van der Waals surface area contributed by atoms with Crippen LogP contribution in [0.15, 0.2) is 41.0 Å². The van der Waals surface area contributed by atoms with Crippen LogP contribution in [0.1, 0.15) is 12.0 Å². The highest BCUT2D eigenvalue weighted by Crippen LogP contribution is 2.27. The summed E-state index contributed by atoms with van der Waals surface area (Å²) in [5, 5.41) is 13.1. The first-order valence-electron chi connectivity index (χ1n) is 7.95. The first-order valence-corrected chi connectivity index (χ1v) is 9.20. The van der Waals surface area contributed by atoms with Crippen molar-refractivity contribution in [3.05, 3.63) is 52.2 Å². The molecule has 0 fully saturated rings. The number of benzene rings is 1. The van der Waals surface area contributed by atoms with Crippen LogP contribution in [0.4, 0.5) is 9.52 Å². The number of hydrogen-bond donors (Lipinski definition) is 1. The third-order valence-electron chi connectivity index (χ3n) is 4.03. The van der Waals surface area contributed by atoms with Crippen LogP contribution in [-0.4, -0.2) is 32.5 Å². The molecule has 7 nitrogen and oxygen atoms in total. The third-order valence-corrected chi connectivity index (χ3v) is 5.10. The molecule has 2 aromatic heterocycles. The molecule has 1 amide bonds. The molecule has 1 aromatic carbocycles. The fourth-order valence-electron chi connectivity index (χ4n) is 2.70. The van der Waals surface area contributed by atoms with Crippen LogP contribution < -0.4 is 5.32 Å². The topological polar surface area (TPSA) is 81.4 Å². The highest BCUT2D eigenvalue weighted by atomic mass is 35.5. The predicted molar refractivity (Wildman–Crippen MR) is 100 cm³/mol. The number of hydrogen-bond acceptors (Lipinski definition) is 6. The van der Waals surface area contributed by atoms with Gasteiger partial charge in [-0.25, -0.2) is 9.37 Å². The number of oxime groups is 1. The van der Waals surface area contributed by atoms with Crippen molar-refractivity contribution in [3.8, 4) is 11.4 Å². The number of carbonyl (C=O) groups excluding carboxylic acids is 1. The molecule has 0 saturated carbocycles. The Hall–Kier alpha value is -2.78. The summed E-state index contributed by atoms with van der Waals surface area (Å²) in [6.07, 6.45) is 0.915. The normalized spacial score (nSPS) is 16.1. The molecule has 0 saturated heterocycles. The standard InChI is InChI=1S/C17H13ClFN5O2S/c1-24-13(5-6-20-24)12-8-27-17(21-12)22-16(25)14-7-11(23-26-14)15-9(18)3-2-4-10(15)19/h2-6,8,14H,7H2,1H3,(H,21,22,25). The van der Waals surface area contributed by atoms with Crippen LogP contribution in [0.25, 0.3) is 11.4 Å². The SMILES string of the molecule is Cn1nccc1-c1csc(NC(=O)C2CC(c3c(F)cccc3Cl)=NO2)n1. The zero-order valence-electron chi connectivity index (χ0n) is 14.0. The predicted octanol–water partition coefficient (Wildman–Crippen LogP) is 3.47. The Morgan fingerprint density at radius 2 is 2.30 bits per heavy atom. The molecule has 1 aliphatic heterocycles. The lowest BCUT2D eigenvalue weighted by Crippen LogP contribution is -2.28. The lowest BCUT2D eigenvalue weighted by atomic mass is 10.0. The highest BCUT2D eigenvalue weighted by Gasteiger charge is 2.31. The van der Waals surface area contributed by atoms with Crippen LogP contribution in [-0.2, 0) is 16.7 Å². The van der Waals surface area contributed by atoms with Gasteiger partial charge in [0.1, 0.15) is 11.5 Å². The summed E-state index contributed by atoms with van der Waals surface area (Å²) in [7, 11) is 1.81. The van der Waals surface area contributed by atoms with Gasteiger partial charge < -0.3 is 4.84 Å². The van der Waals surface area contributed by atoms with Crippen molar-refractivity contribution < 1.29 is 14.0 Å². The summed E-state index contributed by atoms with van der Waals surface area (Å²) in [5.74, 6) is -0.918. The summed E-state index contributed by atoms with van der Waals surface area (Å²) in [6.45, 7) is 0. The van der Waals surface area contributed by atoms with Gasteiger partial charge in [0, 0.05) is 25.0 Å². The minimum Gasteiger partial charge on any atom is -0.382 e. The van der Waals surface area contributed by atoms with Gasteiger partial charge in [-0.3, -0.25) is 14.8 Å². The Kier molecular flexibility index (Phi) is 4.63. The zero-order chi connectivity index (χ0) is 19.0. The molecule has 4 rings (SSSR count). The Labute approximate surface area is 162 Å². The molecule has 27 heavy (non-hydrogen) atoms. The number of carbonyl (C=O) groups is 1. The largest absolute Gasteiger partial charge is 0.382 e. The molecule has 138 valence electrons. The molecule has 1 aliphatic rings.